The monoisotopic (exact) mass is 347 g/mol. The van der Waals surface area contributed by atoms with Crippen molar-refractivity contribution in [2.24, 2.45) is 0 Å². The summed E-state index contributed by atoms with van der Waals surface area (Å²) in [6.07, 6.45) is 2.15. The lowest BCUT2D eigenvalue weighted by Gasteiger charge is -2.28. The van der Waals surface area contributed by atoms with Gasteiger partial charge in [0.2, 0.25) is 10.0 Å². The first kappa shape index (κ1) is 17.0. The van der Waals surface area contributed by atoms with Crippen LogP contribution in [-0.4, -0.2) is 35.7 Å². The number of nitrogens with one attached hydrogen (secondary N) is 2. The van der Waals surface area contributed by atoms with E-state index in [4.69, 9.17) is 0 Å². The van der Waals surface area contributed by atoms with Crippen molar-refractivity contribution in [1.82, 2.24) is 4.72 Å². The Morgan fingerprint density at radius 1 is 1.27 bits per heavy atom. The van der Waals surface area contributed by atoms with Gasteiger partial charge in [-0.05, 0) is 37.5 Å². The van der Waals surface area contributed by atoms with Crippen molar-refractivity contribution < 1.29 is 16.8 Å². The Hall–Kier alpha value is -1.32. The normalized spacial score (nSPS) is 18.1. The number of sulfonamides is 1. The fraction of sp³-hybridized carbons (Fsp3) is 0.538. The summed E-state index contributed by atoms with van der Waals surface area (Å²) in [7, 11) is -6.95. The highest BCUT2D eigenvalue weighted by molar-refractivity contribution is 7.92. The van der Waals surface area contributed by atoms with Crippen molar-refractivity contribution in [3.63, 3.8) is 0 Å². The third-order valence-corrected chi connectivity index (χ3v) is 6.24. The zero-order valence-corrected chi connectivity index (χ0v) is 14.1. The van der Waals surface area contributed by atoms with E-state index in [2.05, 4.69) is 9.44 Å². The van der Waals surface area contributed by atoms with Crippen LogP contribution in [0.15, 0.2) is 24.3 Å². The molecule has 0 spiro atoms. The number of nitrogens with zero attached hydrogens (tertiary/aromatic N) is 1. The van der Waals surface area contributed by atoms with Crippen LogP contribution in [0.4, 0.5) is 11.4 Å². The third kappa shape index (κ3) is 4.34. The molecular weight excluding hydrogens is 326 g/mol. The summed E-state index contributed by atoms with van der Waals surface area (Å²) in [6, 6.07) is 6.43. The van der Waals surface area contributed by atoms with E-state index in [1.54, 1.807) is 18.2 Å². The van der Waals surface area contributed by atoms with Crippen molar-refractivity contribution >= 4 is 31.6 Å². The van der Waals surface area contributed by atoms with Gasteiger partial charge in [0.05, 0.1) is 17.1 Å². The number of hydrogen-bond acceptors (Lipinski definition) is 4. The molecule has 9 heteroatoms. The summed E-state index contributed by atoms with van der Waals surface area (Å²) >= 11 is 0. The van der Waals surface area contributed by atoms with Gasteiger partial charge in [-0.15, -0.1) is 0 Å². The molecule has 0 amide bonds. The molecule has 0 radical (unpaired) electrons. The van der Waals surface area contributed by atoms with Crippen LogP contribution in [0.25, 0.3) is 0 Å². The predicted molar refractivity (Wildman–Crippen MR) is 87.6 cm³/mol. The van der Waals surface area contributed by atoms with Crippen LogP contribution in [0.1, 0.15) is 26.2 Å². The summed E-state index contributed by atoms with van der Waals surface area (Å²) in [6.45, 7) is 2.63. The minimum Gasteiger partial charge on any atom is -0.271 e. The van der Waals surface area contributed by atoms with E-state index in [1.165, 1.54) is 10.4 Å². The van der Waals surface area contributed by atoms with Gasteiger partial charge in [0, 0.05) is 13.1 Å². The first-order chi connectivity index (χ1) is 10.3. The third-order valence-electron chi connectivity index (χ3n) is 3.28. The number of anilines is 2. The minimum absolute atomic E-state index is 0.126. The fourth-order valence-corrected chi connectivity index (χ4v) is 4.84. The summed E-state index contributed by atoms with van der Waals surface area (Å²) in [4.78, 5) is 0. The molecule has 0 unspecified atom stereocenters. The van der Waals surface area contributed by atoms with Crippen LogP contribution >= 0.6 is 0 Å². The molecule has 1 aromatic carbocycles. The van der Waals surface area contributed by atoms with Gasteiger partial charge in [-0.2, -0.15) is 13.1 Å². The number of hydrogen-bond donors (Lipinski definition) is 2. The van der Waals surface area contributed by atoms with Gasteiger partial charge < -0.3 is 0 Å². The molecule has 0 atom stereocenters. The van der Waals surface area contributed by atoms with E-state index in [9.17, 15) is 16.8 Å². The maximum Gasteiger partial charge on any atom is 0.299 e. The highest BCUT2D eigenvalue weighted by Crippen LogP contribution is 2.26. The summed E-state index contributed by atoms with van der Waals surface area (Å²) in [5, 5.41) is 0. The van der Waals surface area contributed by atoms with Gasteiger partial charge >= 0.3 is 0 Å². The summed E-state index contributed by atoms with van der Waals surface area (Å²) in [5.41, 5.74) is 0.817. The maximum absolute atomic E-state index is 12.1. The Balaban J connectivity index is 2.20. The summed E-state index contributed by atoms with van der Waals surface area (Å²) < 4.78 is 54.0. The molecule has 22 heavy (non-hydrogen) atoms. The Bertz CT molecular complexity index is 717. The van der Waals surface area contributed by atoms with E-state index in [1.807, 2.05) is 6.92 Å². The van der Waals surface area contributed by atoms with Crippen LogP contribution in [0, 0.1) is 0 Å². The predicted octanol–water partition coefficient (Wildman–Crippen LogP) is 1.27. The van der Waals surface area contributed by atoms with Gasteiger partial charge in [-0.25, -0.2) is 8.42 Å². The Kier molecular flexibility index (Phi) is 5.30. The molecular formula is C13H21N3O4S2. The number of benzene rings is 1. The standard InChI is InChI=1S/C13H21N3O4S2/c1-2-8-14-22(19,20)15-12-6-5-7-13(11-12)16-9-3-4-10-21(16,17)18/h5-7,11,14-15H,2-4,8-10H2,1H3. The van der Waals surface area contributed by atoms with E-state index < -0.39 is 20.2 Å². The van der Waals surface area contributed by atoms with E-state index >= 15 is 0 Å². The molecule has 124 valence electrons. The van der Waals surface area contributed by atoms with Gasteiger partial charge in [0.15, 0.2) is 0 Å². The van der Waals surface area contributed by atoms with Crippen LogP contribution in [0.2, 0.25) is 0 Å². The highest BCUT2D eigenvalue weighted by Gasteiger charge is 2.26. The average Bonchev–Trinajstić information content (AvgIpc) is 2.44. The van der Waals surface area contributed by atoms with Crippen LogP contribution < -0.4 is 13.7 Å². The SMILES string of the molecule is CCCNS(=O)(=O)Nc1cccc(N2CCCCS2(=O)=O)c1. The lowest BCUT2D eigenvalue weighted by Crippen LogP contribution is -2.37. The van der Waals surface area contributed by atoms with Gasteiger partial charge in [0.25, 0.3) is 10.2 Å². The molecule has 0 saturated carbocycles. The highest BCUT2D eigenvalue weighted by atomic mass is 32.2. The molecule has 1 saturated heterocycles. The first-order valence-electron chi connectivity index (χ1n) is 7.22. The van der Waals surface area contributed by atoms with E-state index in [0.29, 0.717) is 37.3 Å². The lowest BCUT2D eigenvalue weighted by atomic mass is 10.2. The van der Waals surface area contributed by atoms with Gasteiger partial charge in [0.1, 0.15) is 0 Å². The molecule has 1 heterocycles. The Morgan fingerprint density at radius 2 is 2.05 bits per heavy atom. The molecule has 2 N–H and O–H groups in total. The zero-order chi connectivity index (χ0) is 16.2. The Morgan fingerprint density at radius 3 is 2.73 bits per heavy atom. The average molecular weight is 347 g/mol. The molecule has 0 aromatic heterocycles. The van der Waals surface area contributed by atoms with Crippen LogP contribution in [0.3, 0.4) is 0 Å². The Labute approximate surface area is 131 Å². The molecule has 2 rings (SSSR count). The van der Waals surface area contributed by atoms with Crippen molar-refractivity contribution in [2.45, 2.75) is 26.2 Å². The lowest BCUT2D eigenvalue weighted by molar-refractivity contribution is 0.574. The second-order valence-electron chi connectivity index (χ2n) is 5.15. The maximum atomic E-state index is 12.1. The van der Waals surface area contributed by atoms with E-state index in [-0.39, 0.29) is 5.75 Å². The molecule has 1 aliphatic heterocycles. The molecule has 1 aromatic rings. The smallest absolute Gasteiger partial charge is 0.271 e. The molecule has 7 nitrogen and oxygen atoms in total. The minimum atomic E-state index is -3.64. The van der Waals surface area contributed by atoms with E-state index in [0.717, 1.165) is 6.42 Å². The van der Waals surface area contributed by atoms with Gasteiger partial charge in [-0.1, -0.05) is 13.0 Å². The fourth-order valence-electron chi connectivity index (χ4n) is 2.23. The quantitative estimate of drug-likeness (QED) is 0.810. The van der Waals surface area contributed by atoms with Crippen LogP contribution in [0.5, 0.6) is 0 Å². The molecule has 1 fully saturated rings. The molecule has 0 aliphatic carbocycles. The van der Waals surface area contributed by atoms with Crippen molar-refractivity contribution in [3.8, 4) is 0 Å². The topological polar surface area (TPSA) is 95.6 Å². The zero-order valence-electron chi connectivity index (χ0n) is 12.4. The molecule has 0 bridgehead atoms. The molecule has 1 aliphatic rings. The second kappa shape index (κ2) is 6.84. The summed E-state index contributed by atoms with van der Waals surface area (Å²) in [5.74, 6) is 0.126. The van der Waals surface area contributed by atoms with Crippen molar-refractivity contribution in [3.05, 3.63) is 24.3 Å². The largest absolute Gasteiger partial charge is 0.299 e. The second-order valence-corrected chi connectivity index (χ2v) is 8.66. The van der Waals surface area contributed by atoms with Crippen molar-refractivity contribution in [1.29, 1.82) is 0 Å². The van der Waals surface area contributed by atoms with Crippen LogP contribution in [-0.2, 0) is 20.2 Å². The van der Waals surface area contributed by atoms with Gasteiger partial charge in [-0.3, -0.25) is 9.03 Å². The number of rotatable bonds is 6. The first-order valence-corrected chi connectivity index (χ1v) is 10.3. The van der Waals surface area contributed by atoms with Crippen molar-refractivity contribution in [2.75, 3.05) is 27.9 Å².